The number of aryl methyl sites for hydroxylation is 2. The summed E-state index contributed by atoms with van der Waals surface area (Å²) in [6, 6.07) is 8.34. The molecule has 0 unspecified atom stereocenters. The molecule has 1 aromatic carbocycles. The minimum absolute atomic E-state index is 0.0192. The van der Waals surface area contributed by atoms with Crippen LogP contribution in [0.1, 0.15) is 18.4 Å². The number of fused-ring (bicyclic) bond motifs is 1. The average Bonchev–Trinajstić information content (AvgIpc) is 3.09. The SMILES string of the molecule is Cn1cc(CCCC(=O)NC2NNNN2)c2ccccc21. The van der Waals surface area contributed by atoms with Crippen LogP contribution < -0.4 is 27.2 Å². The van der Waals surface area contributed by atoms with Gasteiger partial charge in [0.05, 0.1) is 0 Å². The van der Waals surface area contributed by atoms with Crippen LogP contribution in [0.5, 0.6) is 0 Å². The Morgan fingerprint density at radius 1 is 1.29 bits per heavy atom. The fraction of sp³-hybridized carbons (Fsp3) is 0.357. The molecule has 7 nitrogen and oxygen atoms in total. The molecule has 2 heterocycles. The highest BCUT2D eigenvalue weighted by Crippen LogP contribution is 2.21. The van der Waals surface area contributed by atoms with Gasteiger partial charge in [-0.1, -0.05) is 18.2 Å². The lowest BCUT2D eigenvalue weighted by Crippen LogP contribution is -2.49. The molecule has 1 aliphatic rings. The Balaban J connectivity index is 1.53. The van der Waals surface area contributed by atoms with Gasteiger partial charge in [0.25, 0.3) is 0 Å². The highest BCUT2D eigenvalue weighted by atomic mass is 16.2. The first-order chi connectivity index (χ1) is 10.2. The smallest absolute Gasteiger partial charge is 0.222 e. The standard InChI is InChI=1S/C14H20N6O/c1-20-9-10(11-6-2-3-7-12(11)20)5-4-8-13(21)15-14-16-18-19-17-14/h2-3,6-7,9,14,16-19H,4-5,8H2,1H3,(H,15,21). The molecule has 0 radical (unpaired) electrons. The molecule has 1 fully saturated rings. The molecule has 21 heavy (non-hydrogen) atoms. The van der Waals surface area contributed by atoms with E-state index in [9.17, 15) is 4.79 Å². The number of benzene rings is 1. The second kappa shape index (κ2) is 6.23. The molecule has 1 aromatic heterocycles. The lowest BCUT2D eigenvalue weighted by molar-refractivity contribution is -0.122. The third-order valence-electron chi connectivity index (χ3n) is 3.63. The normalized spacial score (nSPS) is 15.7. The van der Waals surface area contributed by atoms with Gasteiger partial charge in [-0.3, -0.25) is 4.79 Å². The Morgan fingerprint density at radius 3 is 2.86 bits per heavy atom. The summed E-state index contributed by atoms with van der Waals surface area (Å²) in [7, 11) is 2.05. The van der Waals surface area contributed by atoms with Gasteiger partial charge in [-0.2, -0.15) is 11.1 Å². The second-order valence-electron chi connectivity index (χ2n) is 5.18. The maximum atomic E-state index is 11.8. The van der Waals surface area contributed by atoms with Crippen LogP contribution >= 0.6 is 0 Å². The molecule has 1 amide bonds. The second-order valence-corrected chi connectivity index (χ2v) is 5.18. The van der Waals surface area contributed by atoms with Crippen molar-refractivity contribution in [2.24, 2.45) is 7.05 Å². The van der Waals surface area contributed by atoms with Crippen molar-refractivity contribution in [1.82, 2.24) is 31.8 Å². The van der Waals surface area contributed by atoms with Gasteiger partial charge in [-0.15, -0.1) is 0 Å². The molecular formula is C14H20N6O. The van der Waals surface area contributed by atoms with Crippen LogP contribution in [0.15, 0.2) is 30.5 Å². The molecule has 0 aliphatic carbocycles. The van der Waals surface area contributed by atoms with E-state index in [0.29, 0.717) is 6.42 Å². The lowest BCUT2D eigenvalue weighted by Gasteiger charge is -2.10. The summed E-state index contributed by atoms with van der Waals surface area (Å²) < 4.78 is 2.13. The summed E-state index contributed by atoms with van der Waals surface area (Å²) in [6.45, 7) is 0. The molecule has 112 valence electrons. The van der Waals surface area contributed by atoms with E-state index in [4.69, 9.17) is 0 Å². The highest BCUT2D eigenvalue weighted by molar-refractivity contribution is 5.84. The maximum absolute atomic E-state index is 11.8. The van der Waals surface area contributed by atoms with Crippen LogP contribution in [0.2, 0.25) is 0 Å². The number of carbonyl (C=O) groups excluding carboxylic acids is 1. The fourth-order valence-corrected chi connectivity index (χ4v) is 2.62. The van der Waals surface area contributed by atoms with Crippen molar-refractivity contribution in [3.05, 3.63) is 36.0 Å². The monoisotopic (exact) mass is 288 g/mol. The molecule has 2 aromatic rings. The zero-order valence-corrected chi connectivity index (χ0v) is 11.9. The van der Waals surface area contributed by atoms with Gasteiger partial charge in [-0.05, 0) is 24.5 Å². The Bertz CT molecular complexity index is 631. The average molecular weight is 288 g/mol. The van der Waals surface area contributed by atoms with Crippen LogP contribution in [-0.4, -0.2) is 16.8 Å². The van der Waals surface area contributed by atoms with E-state index in [1.165, 1.54) is 16.5 Å². The number of hydrazine groups is 3. The van der Waals surface area contributed by atoms with E-state index in [-0.39, 0.29) is 12.2 Å². The number of rotatable bonds is 5. The van der Waals surface area contributed by atoms with Crippen molar-refractivity contribution in [2.45, 2.75) is 25.6 Å². The van der Waals surface area contributed by atoms with Crippen molar-refractivity contribution < 1.29 is 4.79 Å². The van der Waals surface area contributed by atoms with E-state index >= 15 is 0 Å². The molecule has 3 rings (SSSR count). The largest absolute Gasteiger partial charge is 0.350 e. The third kappa shape index (κ3) is 3.22. The van der Waals surface area contributed by atoms with Crippen molar-refractivity contribution >= 4 is 16.8 Å². The van der Waals surface area contributed by atoms with E-state index < -0.39 is 0 Å². The molecule has 1 saturated heterocycles. The van der Waals surface area contributed by atoms with Crippen LogP contribution in [0.4, 0.5) is 0 Å². The fourth-order valence-electron chi connectivity index (χ4n) is 2.62. The van der Waals surface area contributed by atoms with Crippen LogP contribution in [-0.2, 0) is 18.3 Å². The summed E-state index contributed by atoms with van der Waals surface area (Å²) in [4.78, 5) is 11.8. The van der Waals surface area contributed by atoms with E-state index in [0.717, 1.165) is 12.8 Å². The van der Waals surface area contributed by atoms with Gasteiger partial charge >= 0.3 is 0 Å². The first-order valence-electron chi connectivity index (χ1n) is 7.07. The first-order valence-corrected chi connectivity index (χ1v) is 7.07. The number of nitrogens with one attached hydrogen (secondary N) is 5. The topological polar surface area (TPSA) is 82.2 Å². The summed E-state index contributed by atoms with van der Waals surface area (Å²) in [5.74, 6) is 0.0192. The number of hydrogen-bond donors (Lipinski definition) is 5. The molecule has 1 aliphatic heterocycles. The number of aromatic nitrogens is 1. The van der Waals surface area contributed by atoms with Gasteiger partial charge < -0.3 is 9.88 Å². The predicted molar refractivity (Wildman–Crippen MR) is 80.3 cm³/mol. The Labute approximate surface area is 123 Å². The number of amides is 1. The van der Waals surface area contributed by atoms with Gasteiger partial charge in [-0.25, -0.2) is 10.9 Å². The van der Waals surface area contributed by atoms with Crippen molar-refractivity contribution in [3.8, 4) is 0 Å². The molecule has 0 atom stereocenters. The zero-order valence-electron chi connectivity index (χ0n) is 11.9. The Morgan fingerprint density at radius 2 is 2.05 bits per heavy atom. The number of nitrogens with zero attached hydrogens (tertiary/aromatic N) is 1. The third-order valence-corrected chi connectivity index (χ3v) is 3.63. The summed E-state index contributed by atoms with van der Waals surface area (Å²) in [5.41, 5.74) is 13.5. The summed E-state index contributed by atoms with van der Waals surface area (Å²) >= 11 is 0. The van der Waals surface area contributed by atoms with Crippen molar-refractivity contribution in [2.75, 3.05) is 0 Å². The molecule has 0 spiro atoms. The van der Waals surface area contributed by atoms with Gasteiger partial charge in [0.15, 0.2) is 6.29 Å². The van der Waals surface area contributed by atoms with Crippen LogP contribution in [0, 0.1) is 0 Å². The van der Waals surface area contributed by atoms with Crippen molar-refractivity contribution in [1.29, 1.82) is 0 Å². The molecule has 7 heteroatoms. The van der Waals surface area contributed by atoms with E-state index in [2.05, 4.69) is 63.2 Å². The van der Waals surface area contributed by atoms with Crippen LogP contribution in [0.3, 0.4) is 0 Å². The van der Waals surface area contributed by atoms with E-state index in [1.54, 1.807) is 0 Å². The minimum Gasteiger partial charge on any atom is -0.350 e. The van der Waals surface area contributed by atoms with Gasteiger partial charge in [0.2, 0.25) is 5.91 Å². The van der Waals surface area contributed by atoms with E-state index in [1.807, 2.05) is 6.07 Å². The first kappa shape index (κ1) is 14.0. The number of para-hydroxylation sites is 1. The molecule has 0 bridgehead atoms. The number of carbonyl (C=O) groups is 1. The Hall–Kier alpha value is -1.93. The predicted octanol–water partition coefficient (Wildman–Crippen LogP) is 0.0178. The summed E-state index contributed by atoms with van der Waals surface area (Å²) in [6.07, 6.45) is 4.10. The van der Waals surface area contributed by atoms with Crippen LogP contribution in [0.25, 0.3) is 10.9 Å². The maximum Gasteiger partial charge on any atom is 0.222 e. The van der Waals surface area contributed by atoms with Gasteiger partial charge in [0, 0.05) is 30.6 Å². The quantitative estimate of drug-likeness (QED) is 0.536. The molecule has 0 saturated carbocycles. The Kier molecular flexibility index (Phi) is 4.16. The molecular weight excluding hydrogens is 268 g/mol. The lowest BCUT2D eigenvalue weighted by atomic mass is 10.1. The van der Waals surface area contributed by atoms with Gasteiger partial charge in [0.1, 0.15) is 0 Å². The number of hydrogen-bond acceptors (Lipinski definition) is 5. The highest BCUT2D eigenvalue weighted by Gasteiger charge is 2.14. The zero-order chi connectivity index (χ0) is 14.7. The molecule has 5 N–H and O–H groups in total. The van der Waals surface area contributed by atoms with Crippen molar-refractivity contribution in [3.63, 3.8) is 0 Å². The minimum atomic E-state index is -0.282. The summed E-state index contributed by atoms with van der Waals surface area (Å²) in [5, 5.41) is 4.09.